The molecule has 3 nitrogen and oxygen atoms in total. The Balaban J connectivity index is 1.83. The van der Waals surface area contributed by atoms with Gasteiger partial charge in [-0.15, -0.1) is 0 Å². The Morgan fingerprint density at radius 2 is 1.95 bits per heavy atom. The largest absolute Gasteiger partial charge is 0.489 e. The highest BCUT2D eigenvalue weighted by atomic mass is 16.5. The molecule has 1 atom stereocenters. The van der Waals surface area contributed by atoms with Gasteiger partial charge in [-0.1, -0.05) is 37.3 Å². The Morgan fingerprint density at radius 3 is 2.71 bits per heavy atom. The highest BCUT2D eigenvalue weighted by Crippen LogP contribution is 2.28. The summed E-state index contributed by atoms with van der Waals surface area (Å²) in [4.78, 5) is 3.27. The summed E-state index contributed by atoms with van der Waals surface area (Å²) in [6.45, 7) is 2.67. The number of H-pyrrole nitrogens is 1. The molecule has 0 aliphatic heterocycles. The fraction of sp³-hybridized carbons (Fsp3) is 0.222. The molecule has 0 saturated heterocycles. The van der Waals surface area contributed by atoms with Crippen molar-refractivity contribution in [3.05, 3.63) is 65.9 Å². The van der Waals surface area contributed by atoms with Crippen molar-refractivity contribution in [3.63, 3.8) is 0 Å². The highest BCUT2D eigenvalue weighted by molar-refractivity contribution is 5.85. The molecule has 3 aromatic rings. The minimum Gasteiger partial charge on any atom is -0.489 e. The topological polar surface area (TPSA) is 51.0 Å². The van der Waals surface area contributed by atoms with Crippen LogP contribution in [0.3, 0.4) is 0 Å². The molecule has 0 amide bonds. The standard InChI is InChI=1S/C18H20N2O/c1-2-17(19)16-11-20-18-9-8-14(10-15(16)18)21-12-13-6-4-3-5-7-13/h3-11,17,20H,2,12,19H2,1H3. The minimum absolute atomic E-state index is 0.0584. The van der Waals surface area contributed by atoms with Gasteiger partial charge in [-0.25, -0.2) is 0 Å². The first-order valence-electron chi connectivity index (χ1n) is 7.31. The van der Waals surface area contributed by atoms with Crippen molar-refractivity contribution >= 4 is 10.9 Å². The lowest BCUT2D eigenvalue weighted by Crippen LogP contribution is -2.07. The zero-order valence-corrected chi connectivity index (χ0v) is 12.2. The minimum atomic E-state index is 0.0584. The molecule has 1 aromatic heterocycles. The Kier molecular flexibility index (Phi) is 3.93. The van der Waals surface area contributed by atoms with Crippen LogP contribution in [0.1, 0.15) is 30.5 Å². The smallest absolute Gasteiger partial charge is 0.120 e. The maximum atomic E-state index is 6.16. The van der Waals surface area contributed by atoms with Crippen LogP contribution < -0.4 is 10.5 Å². The van der Waals surface area contributed by atoms with Gasteiger partial charge in [0, 0.05) is 23.1 Å². The normalized spacial score (nSPS) is 12.5. The Bertz CT molecular complexity index is 718. The molecule has 21 heavy (non-hydrogen) atoms. The molecule has 0 saturated carbocycles. The predicted molar refractivity (Wildman–Crippen MR) is 86.3 cm³/mol. The van der Waals surface area contributed by atoms with Crippen LogP contribution in [-0.4, -0.2) is 4.98 Å². The Hall–Kier alpha value is -2.26. The number of rotatable bonds is 5. The van der Waals surface area contributed by atoms with Gasteiger partial charge in [0.2, 0.25) is 0 Å². The van der Waals surface area contributed by atoms with Gasteiger partial charge in [-0.2, -0.15) is 0 Å². The zero-order chi connectivity index (χ0) is 14.7. The first-order valence-corrected chi connectivity index (χ1v) is 7.31. The van der Waals surface area contributed by atoms with Gasteiger partial charge in [0.25, 0.3) is 0 Å². The fourth-order valence-corrected chi connectivity index (χ4v) is 2.48. The Morgan fingerprint density at radius 1 is 1.14 bits per heavy atom. The zero-order valence-electron chi connectivity index (χ0n) is 12.2. The second-order valence-electron chi connectivity index (χ2n) is 5.24. The van der Waals surface area contributed by atoms with Crippen LogP contribution in [0.4, 0.5) is 0 Å². The summed E-state index contributed by atoms with van der Waals surface area (Å²) in [7, 11) is 0. The second-order valence-corrected chi connectivity index (χ2v) is 5.24. The number of aromatic amines is 1. The summed E-state index contributed by atoms with van der Waals surface area (Å²) in [6.07, 6.45) is 2.92. The molecular formula is C18H20N2O. The van der Waals surface area contributed by atoms with Crippen molar-refractivity contribution in [3.8, 4) is 5.75 Å². The quantitative estimate of drug-likeness (QED) is 0.737. The van der Waals surface area contributed by atoms with E-state index in [4.69, 9.17) is 10.5 Å². The summed E-state index contributed by atoms with van der Waals surface area (Å²) in [5.41, 5.74) is 9.57. The number of benzene rings is 2. The van der Waals surface area contributed by atoms with Gasteiger partial charge in [0.15, 0.2) is 0 Å². The number of nitrogens with two attached hydrogens (primary N) is 1. The van der Waals surface area contributed by atoms with E-state index in [0.717, 1.165) is 34.2 Å². The summed E-state index contributed by atoms with van der Waals surface area (Å²) < 4.78 is 5.88. The van der Waals surface area contributed by atoms with E-state index in [1.54, 1.807) is 0 Å². The average molecular weight is 280 g/mol. The van der Waals surface area contributed by atoms with E-state index < -0.39 is 0 Å². The molecule has 0 aliphatic carbocycles. The molecule has 0 fully saturated rings. The van der Waals surface area contributed by atoms with Crippen molar-refractivity contribution in [1.29, 1.82) is 0 Å². The van der Waals surface area contributed by atoms with Crippen molar-refractivity contribution in [2.75, 3.05) is 0 Å². The van der Waals surface area contributed by atoms with Crippen LogP contribution in [0.25, 0.3) is 10.9 Å². The number of hydrogen-bond donors (Lipinski definition) is 2. The van der Waals surface area contributed by atoms with Crippen LogP contribution in [0.5, 0.6) is 5.75 Å². The molecule has 108 valence electrons. The van der Waals surface area contributed by atoms with Crippen molar-refractivity contribution in [2.45, 2.75) is 26.0 Å². The van der Waals surface area contributed by atoms with Gasteiger partial charge in [0.1, 0.15) is 12.4 Å². The van der Waals surface area contributed by atoms with Crippen LogP contribution in [-0.2, 0) is 6.61 Å². The number of ether oxygens (including phenoxy) is 1. The van der Waals surface area contributed by atoms with E-state index in [1.807, 2.05) is 36.5 Å². The van der Waals surface area contributed by atoms with Crippen LogP contribution >= 0.6 is 0 Å². The lowest BCUT2D eigenvalue weighted by molar-refractivity contribution is 0.306. The third-order valence-corrected chi connectivity index (χ3v) is 3.77. The molecule has 3 N–H and O–H groups in total. The second kappa shape index (κ2) is 6.02. The van der Waals surface area contributed by atoms with E-state index in [2.05, 4.69) is 30.1 Å². The van der Waals surface area contributed by atoms with E-state index in [1.165, 1.54) is 0 Å². The lowest BCUT2D eigenvalue weighted by atomic mass is 10.0. The molecule has 1 heterocycles. The molecule has 1 unspecified atom stereocenters. The van der Waals surface area contributed by atoms with Crippen LogP contribution in [0.15, 0.2) is 54.7 Å². The van der Waals surface area contributed by atoms with Gasteiger partial charge >= 0.3 is 0 Å². The van der Waals surface area contributed by atoms with Gasteiger partial charge in [-0.05, 0) is 35.7 Å². The number of hydrogen-bond acceptors (Lipinski definition) is 2. The van der Waals surface area contributed by atoms with Crippen molar-refractivity contribution in [1.82, 2.24) is 4.98 Å². The van der Waals surface area contributed by atoms with Crippen LogP contribution in [0, 0.1) is 0 Å². The molecule has 0 spiro atoms. The highest BCUT2D eigenvalue weighted by Gasteiger charge is 2.10. The summed E-state index contributed by atoms with van der Waals surface area (Å²) >= 11 is 0. The Labute approximate surface area is 124 Å². The first kappa shape index (κ1) is 13.7. The fourth-order valence-electron chi connectivity index (χ4n) is 2.48. The molecular weight excluding hydrogens is 260 g/mol. The van der Waals surface area contributed by atoms with E-state index in [-0.39, 0.29) is 6.04 Å². The molecule has 0 aliphatic rings. The number of aromatic nitrogens is 1. The SMILES string of the molecule is CCC(N)c1c[nH]c2ccc(OCc3ccccc3)cc12. The van der Waals surface area contributed by atoms with E-state index in [0.29, 0.717) is 6.61 Å². The molecule has 3 rings (SSSR count). The predicted octanol–water partition coefficient (Wildman–Crippen LogP) is 4.16. The van der Waals surface area contributed by atoms with Gasteiger partial charge in [0.05, 0.1) is 0 Å². The number of fused-ring (bicyclic) bond motifs is 1. The maximum Gasteiger partial charge on any atom is 0.120 e. The van der Waals surface area contributed by atoms with Crippen molar-refractivity contribution < 1.29 is 4.74 Å². The molecule has 0 radical (unpaired) electrons. The van der Waals surface area contributed by atoms with E-state index >= 15 is 0 Å². The van der Waals surface area contributed by atoms with Gasteiger partial charge in [-0.3, -0.25) is 0 Å². The van der Waals surface area contributed by atoms with Crippen LogP contribution in [0.2, 0.25) is 0 Å². The monoisotopic (exact) mass is 280 g/mol. The number of nitrogens with one attached hydrogen (secondary N) is 1. The summed E-state index contributed by atoms with van der Waals surface area (Å²) in [6, 6.07) is 16.3. The third kappa shape index (κ3) is 2.93. The van der Waals surface area contributed by atoms with Gasteiger partial charge < -0.3 is 15.5 Å². The molecule has 0 bridgehead atoms. The summed E-state index contributed by atoms with van der Waals surface area (Å²) in [5.74, 6) is 0.871. The molecule has 2 aromatic carbocycles. The van der Waals surface area contributed by atoms with Crippen molar-refractivity contribution in [2.24, 2.45) is 5.73 Å². The molecule has 3 heteroatoms. The average Bonchev–Trinajstić information content (AvgIpc) is 2.96. The maximum absolute atomic E-state index is 6.16. The summed E-state index contributed by atoms with van der Waals surface area (Å²) in [5, 5.41) is 1.15. The first-order chi connectivity index (χ1) is 10.3. The lowest BCUT2D eigenvalue weighted by Gasteiger charge is -2.09. The van der Waals surface area contributed by atoms with E-state index in [9.17, 15) is 0 Å². The third-order valence-electron chi connectivity index (χ3n) is 3.77.